The Morgan fingerprint density at radius 2 is 2.35 bits per heavy atom. The Hall–Kier alpha value is -1.21. The van der Waals surface area contributed by atoms with E-state index in [4.69, 9.17) is 5.11 Å². The summed E-state index contributed by atoms with van der Waals surface area (Å²) in [5.41, 5.74) is 0.668. The van der Waals surface area contributed by atoms with Gasteiger partial charge in [0, 0.05) is 5.38 Å². The molecule has 94 valence electrons. The maximum Gasteiger partial charge on any atom is 0.326 e. The third-order valence-electron chi connectivity index (χ3n) is 1.99. The van der Waals surface area contributed by atoms with E-state index in [1.165, 1.54) is 11.3 Å². The summed E-state index contributed by atoms with van der Waals surface area (Å²) in [5, 5.41) is 17.5. The quantitative estimate of drug-likeness (QED) is 0.742. The Morgan fingerprint density at radius 3 is 2.88 bits per heavy atom. The third kappa shape index (κ3) is 5.10. The number of rotatable bonds is 6. The lowest BCUT2D eigenvalue weighted by Crippen LogP contribution is -2.43. The first kappa shape index (κ1) is 13.9. The predicted octanol–water partition coefficient (Wildman–Crippen LogP) is 2.08. The molecule has 1 aromatic rings. The molecule has 0 fully saturated rings. The maximum absolute atomic E-state index is 11.5. The SMILES string of the molecule is CSCC[C@@H](NC(=O)Nc1ccsc1)C(=O)O. The number of carboxylic acid groups (broad SMARTS) is 1. The summed E-state index contributed by atoms with van der Waals surface area (Å²) >= 11 is 3.00. The second-order valence-electron chi connectivity index (χ2n) is 3.28. The van der Waals surface area contributed by atoms with Crippen molar-refractivity contribution in [3.05, 3.63) is 16.8 Å². The molecule has 2 amide bonds. The van der Waals surface area contributed by atoms with Crippen LogP contribution >= 0.6 is 23.1 Å². The van der Waals surface area contributed by atoms with Crippen molar-refractivity contribution < 1.29 is 14.7 Å². The van der Waals surface area contributed by atoms with Crippen LogP contribution in [-0.4, -0.2) is 35.2 Å². The number of aliphatic carboxylic acids is 1. The molecule has 7 heteroatoms. The Morgan fingerprint density at radius 1 is 1.59 bits per heavy atom. The van der Waals surface area contributed by atoms with Crippen molar-refractivity contribution in [3.63, 3.8) is 0 Å². The highest BCUT2D eigenvalue weighted by molar-refractivity contribution is 7.98. The topological polar surface area (TPSA) is 78.4 Å². The van der Waals surface area contributed by atoms with E-state index in [0.29, 0.717) is 17.9 Å². The first-order chi connectivity index (χ1) is 8.13. The molecule has 1 rings (SSSR count). The highest BCUT2D eigenvalue weighted by Gasteiger charge is 2.19. The van der Waals surface area contributed by atoms with Crippen molar-refractivity contribution >= 4 is 40.8 Å². The minimum atomic E-state index is -1.01. The summed E-state index contributed by atoms with van der Waals surface area (Å²) in [7, 11) is 0. The van der Waals surface area contributed by atoms with Gasteiger partial charge in [0.2, 0.25) is 0 Å². The molecule has 0 saturated heterocycles. The van der Waals surface area contributed by atoms with Crippen LogP contribution in [0.4, 0.5) is 10.5 Å². The van der Waals surface area contributed by atoms with E-state index in [1.54, 1.807) is 23.2 Å². The number of hydrogen-bond donors (Lipinski definition) is 3. The van der Waals surface area contributed by atoms with E-state index in [0.717, 1.165) is 0 Å². The summed E-state index contributed by atoms with van der Waals surface area (Å²) in [5.74, 6) is -0.324. The van der Waals surface area contributed by atoms with E-state index in [9.17, 15) is 9.59 Å². The molecule has 1 aromatic heterocycles. The highest BCUT2D eigenvalue weighted by atomic mass is 32.2. The Kier molecular flexibility index (Phi) is 5.85. The maximum atomic E-state index is 11.5. The van der Waals surface area contributed by atoms with Crippen LogP contribution in [0.15, 0.2) is 16.8 Å². The van der Waals surface area contributed by atoms with Gasteiger partial charge in [-0.1, -0.05) is 0 Å². The zero-order chi connectivity index (χ0) is 12.7. The molecule has 0 radical (unpaired) electrons. The van der Waals surface area contributed by atoms with Gasteiger partial charge in [-0.05, 0) is 29.9 Å². The predicted molar refractivity (Wildman–Crippen MR) is 70.9 cm³/mol. The number of anilines is 1. The molecule has 17 heavy (non-hydrogen) atoms. The fraction of sp³-hybridized carbons (Fsp3) is 0.400. The lowest BCUT2D eigenvalue weighted by molar-refractivity contribution is -0.139. The number of amides is 2. The van der Waals surface area contributed by atoms with Gasteiger partial charge in [0.15, 0.2) is 0 Å². The number of carboxylic acids is 1. The van der Waals surface area contributed by atoms with Gasteiger partial charge in [-0.2, -0.15) is 23.1 Å². The molecule has 1 atom stereocenters. The number of urea groups is 1. The number of carbonyl (C=O) groups is 2. The summed E-state index contributed by atoms with van der Waals surface area (Å²) in [6.45, 7) is 0. The molecule has 1 heterocycles. The molecule has 0 bridgehead atoms. The highest BCUT2D eigenvalue weighted by Crippen LogP contribution is 2.11. The molecule has 0 aromatic carbocycles. The van der Waals surface area contributed by atoms with Crippen LogP contribution in [0, 0.1) is 0 Å². The first-order valence-electron chi connectivity index (χ1n) is 4.95. The average Bonchev–Trinajstić information content (AvgIpc) is 2.76. The van der Waals surface area contributed by atoms with Crippen LogP contribution < -0.4 is 10.6 Å². The zero-order valence-corrected chi connectivity index (χ0v) is 10.9. The van der Waals surface area contributed by atoms with E-state index in [2.05, 4.69) is 10.6 Å². The lowest BCUT2D eigenvalue weighted by atomic mass is 10.2. The smallest absolute Gasteiger partial charge is 0.326 e. The van der Waals surface area contributed by atoms with Crippen LogP contribution in [0.2, 0.25) is 0 Å². The molecule has 0 aliphatic heterocycles. The lowest BCUT2D eigenvalue weighted by Gasteiger charge is -2.14. The molecule has 3 N–H and O–H groups in total. The van der Waals surface area contributed by atoms with Gasteiger partial charge in [-0.3, -0.25) is 0 Å². The number of thioether (sulfide) groups is 1. The molecule has 0 aliphatic rings. The fourth-order valence-electron chi connectivity index (χ4n) is 1.15. The summed E-state index contributed by atoms with van der Waals surface area (Å²) < 4.78 is 0. The second-order valence-corrected chi connectivity index (χ2v) is 5.05. The van der Waals surface area contributed by atoms with Crippen molar-refractivity contribution in [2.75, 3.05) is 17.3 Å². The number of hydrogen-bond acceptors (Lipinski definition) is 4. The van der Waals surface area contributed by atoms with Crippen LogP contribution in [0.5, 0.6) is 0 Å². The minimum absolute atomic E-state index is 0.410. The van der Waals surface area contributed by atoms with Crippen molar-refractivity contribution in [1.29, 1.82) is 0 Å². The minimum Gasteiger partial charge on any atom is -0.480 e. The molecule has 5 nitrogen and oxygen atoms in total. The standard InChI is InChI=1S/C10H14N2O3S2/c1-16-4-3-8(9(13)14)12-10(15)11-7-2-5-17-6-7/h2,5-6,8H,3-4H2,1H3,(H,13,14)(H2,11,12,15)/t8-/m1/s1. The fourth-order valence-corrected chi connectivity index (χ4v) is 2.21. The van der Waals surface area contributed by atoms with Crippen LogP contribution in [0.1, 0.15) is 6.42 Å². The van der Waals surface area contributed by atoms with E-state index < -0.39 is 18.0 Å². The summed E-state index contributed by atoms with van der Waals surface area (Å²) in [6.07, 6.45) is 2.30. The molecule has 0 spiro atoms. The average molecular weight is 274 g/mol. The molecular formula is C10H14N2O3S2. The molecular weight excluding hydrogens is 260 g/mol. The van der Waals surface area contributed by atoms with E-state index in [1.807, 2.05) is 11.6 Å². The van der Waals surface area contributed by atoms with Gasteiger partial charge >= 0.3 is 12.0 Å². The number of nitrogens with one attached hydrogen (secondary N) is 2. The summed E-state index contributed by atoms with van der Waals surface area (Å²) in [4.78, 5) is 22.4. The zero-order valence-electron chi connectivity index (χ0n) is 9.30. The molecule has 0 unspecified atom stereocenters. The van der Waals surface area contributed by atoms with E-state index in [-0.39, 0.29) is 0 Å². The Bertz CT molecular complexity index is 368. The Balaban J connectivity index is 2.43. The number of carbonyl (C=O) groups excluding carboxylic acids is 1. The van der Waals surface area contributed by atoms with Crippen LogP contribution in [-0.2, 0) is 4.79 Å². The molecule has 0 aliphatic carbocycles. The number of thiophene rings is 1. The van der Waals surface area contributed by atoms with Gasteiger partial charge < -0.3 is 15.7 Å². The Labute approximate surface area is 108 Å². The summed E-state index contributed by atoms with van der Waals surface area (Å²) in [6, 6.07) is 0.417. The van der Waals surface area contributed by atoms with Crippen LogP contribution in [0.25, 0.3) is 0 Å². The van der Waals surface area contributed by atoms with Gasteiger partial charge in [-0.25, -0.2) is 9.59 Å². The van der Waals surface area contributed by atoms with Crippen LogP contribution in [0.3, 0.4) is 0 Å². The largest absolute Gasteiger partial charge is 0.480 e. The van der Waals surface area contributed by atoms with Crippen molar-refractivity contribution in [2.45, 2.75) is 12.5 Å². The van der Waals surface area contributed by atoms with E-state index >= 15 is 0 Å². The van der Waals surface area contributed by atoms with Gasteiger partial charge in [0.05, 0.1) is 5.69 Å². The van der Waals surface area contributed by atoms with Gasteiger partial charge in [0.25, 0.3) is 0 Å². The third-order valence-corrected chi connectivity index (χ3v) is 3.32. The molecule has 0 saturated carbocycles. The monoisotopic (exact) mass is 274 g/mol. The van der Waals surface area contributed by atoms with Crippen molar-refractivity contribution in [3.8, 4) is 0 Å². The van der Waals surface area contributed by atoms with Gasteiger partial charge in [0.1, 0.15) is 6.04 Å². The normalized spacial score (nSPS) is 11.8. The second kappa shape index (κ2) is 7.18. The van der Waals surface area contributed by atoms with Gasteiger partial charge in [-0.15, -0.1) is 0 Å². The first-order valence-corrected chi connectivity index (χ1v) is 7.28. The van der Waals surface area contributed by atoms with Crippen molar-refractivity contribution in [1.82, 2.24) is 5.32 Å². The van der Waals surface area contributed by atoms with Crippen molar-refractivity contribution in [2.24, 2.45) is 0 Å².